The Morgan fingerprint density at radius 2 is 2.00 bits per heavy atom. The molecule has 1 saturated heterocycles. The fourth-order valence-electron chi connectivity index (χ4n) is 1.41. The van der Waals surface area contributed by atoms with E-state index in [1.165, 1.54) is 6.08 Å². The van der Waals surface area contributed by atoms with Crippen molar-refractivity contribution in [3.63, 3.8) is 0 Å². The van der Waals surface area contributed by atoms with Gasteiger partial charge in [0.2, 0.25) is 11.8 Å². The van der Waals surface area contributed by atoms with Crippen LogP contribution in [0, 0.1) is 0 Å². The molecule has 0 saturated carbocycles. The van der Waals surface area contributed by atoms with Crippen LogP contribution in [0.5, 0.6) is 0 Å². The first-order chi connectivity index (χ1) is 8.43. The minimum absolute atomic E-state index is 0.0507. The molecule has 0 aromatic carbocycles. The number of hydrogen-bond acceptors (Lipinski definition) is 4. The summed E-state index contributed by atoms with van der Waals surface area (Å²) >= 11 is 0. The van der Waals surface area contributed by atoms with Crippen LogP contribution < -0.4 is 10.6 Å². The van der Waals surface area contributed by atoms with Gasteiger partial charge >= 0.3 is 12.0 Å². The molecule has 1 heterocycles. The number of urea groups is 1. The second kappa shape index (κ2) is 5.80. The van der Waals surface area contributed by atoms with Gasteiger partial charge < -0.3 is 15.3 Å². The van der Waals surface area contributed by atoms with Gasteiger partial charge in [0.15, 0.2) is 0 Å². The summed E-state index contributed by atoms with van der Waals surface area (Å²) in [5.41, 5.74) is 0. The summed E-state index contributed by atoms with van der Waals surface area (Å²) in [7, 11) is 0. The number of carboxylic acids is 1. The van der Waals surface area contributed by atoms with E-state index in [1.807, 2.05) is 5.32 Å². The summed E-state index contributed by atoms with van der Waals surface area (Å²) in [6, 6.07) is -1.90. The molecule has 1 unspecified atom stereocenters. The Bertz CT molecular complexity index is 390. The zero-order chi connectivity index (χ0) is 13.7. The van der Waals surface area contributed by atoms with Crippen LogP contribution in [0.15, 0.2) is 12.7 Å². The Kier molecular flexibility index (Phi) is 4.41. The number of piperazine rings is 1. The predicted octanol–water partition coefficient (Wildman–Crippen LogP) is -1.32. The highest BCUT2D eigenvalue weighted by Crippen LogP contribution is 1.99. The van der Waals surface area contributed by atoms with Gasteiger partial charge in [-0.2, -0.15) is 0 Å². The number of hydrogen-bond donors (Lipinski definition) is 3. The number of nitrogens with one attached hydrogen (secondary N) is 2. The first-order valence-electron chi connectivity index (χ1n) is 5.16. The van der Waals surface area contributed by atoms with E-state index >= 15 is 0 Å². The summed E-state index contributed by atoms with van der Waals surface area (Å²) in [5, 5.41) is 13.1. The van der Waals surface area contributed by atoms with Gasteiger partial charge in [-0.25, -0.2) is 9.59 Å². The number of aliphatic carboxylic acids is 1. The molecule has 4 amide bonds. The third kappa shape index (κ3) is 3.58. The lowest BCUT2D eigenvalue weighted by Crippen LogP contribution is -2.57. The largest absolute Gasteiger partial charge is 0.480 e. The molecule has 0 aromatic rings. The number of rotatable bonds is 4. The highest BCUT2D eigenvalue weighted by atomic mass is 16.4. The average molecular weight is 255 g/mol. The first-order valence-corrected chi connectivity index (χ1v) is 5.16. The van der Waals surface area contributed by atoms with Crippen LogP contribution in [0.4, 0.5) is 4.79 Å². The van der Waals surface area contributed by atoms with Crippen LogP contribution in [0.2, 0.25) is 0 Å². The van der Waals surface area contributed by atoms with Gasteiger partial charge in [-0.05, 0) is 6.42 Å². The molecular formula is C10H13N3O5. The minimum atomic E-state index is -1.21. The van der Waals surface area contributed by atoms with Crippen molar-refractivity contribution in [2.45, 2.75) is 12.5 Å². The van der Waals surface area contributed by atoms with Crippen molar-refractivity contribution in [1.82, 2.24) is 15.5 Å². The lowest BCUT2D eigenvalue weighted by Gasteiger charge is -2.26. The van der Waals surface area contributed by atoms with Crippen LogP contribution in [-0.4, -0.2) is 53.0 Å². The second-order valence-electron chi connectivity index (χ2n) is 3.69. The number of carbonyl (C=O) groups excluding carboxylic acids is 3. The van der Waals surface area contributed by atoms with Gasteiger partial charge in [-0.3, -0.25) is 14.9 Å². The molecule has 0 aliphatic carbocycles. The molecular weight excluding hydrogens is 242 g/mol. The van der Waals surface area contributed by atoms with E-state index in [2.05, 4.69) is 11.9 Å². The van der Waals surface area contributed by atoms with Crippen molar-refractivity contribution < 1.29 is 24.3 Å². The van der Waals surface area contributed by atoms with Gasteiger partial charge in [0, 0.05) is 0 Å². The Balaban J connectivity index is 2.63. The van der Waals surface area contributed by atoms with Crippen LogP contribution in [0.1, 0.15) is 6.42 Å². The van der Waals surface area contributed by atoms with Crippen LogP contribution in [0.25, 0.3) is 0 Å². The van der Waals surface area contributed by atoms with Crippen LogP contribution in [0.3, 0.4) is 0 Å². The summed E-state index contributed by atoms with van der Waals surface area (Å²) in [5.74, 6) is -2.41. The molecule has 1 aliphatic rings. The molecule has 1 fully saturated rings. The van der Waals surface area contributed by atoms with E-state index in [0.29, 0.717) is 0 Å². The van der Waals surface area contributed by atoms with Gasteiger partial charge in [-0.1, -0.05) is 6.08 Å². The topological polar surface area (TPSA) is 116 Å². The Labute approximate surface area is 103 Å². The maximum absolute atomic E-state index is 11.7. The van der Waals surface area contributed by atoms with E-state index in [4.69, 9.17) is 5.11 Å². The summed E-state index contributed by atoms with van der Waals surface area (Å²) in [4.78, 5) is 45.5. The third-order valence-electron chi connectivity index (χ3n) is 2.23. The summed E-state index contributed by atoms with van der Waals surface area (Å²) in [6.45, 7) is 2.82. The monoisotopic (exact) mass is 255 g/mol. The number of imide groups is 1. The SMILES string of the molecule is C=CCC(NC(=O)N1CC(=O)NC(=O)C1)C(=O)O. The summed E-state index contributed by atoms with van der Waals surface area (Å²) in [6.07, 6.45) is 1.40. The zero-order valence-electron chi connectivity index (χ0n) is 9.51. The fraction of sp³-hybridized carbons (Fsp3) is 0.400. The van der Waals surface area contributed by atoms with Gasteiger partial charge in [-0.15, -0.1) is 6.58 Å². The molecule has 8 nitrogen and oxygen atoms in total. The third-order valence-corrected chi connectivity index (χ3v) is 2.23. The smallest absolute Gasteiger partial charge is 0.326 e. The highest BCUT2D eigenvalue weighted by Gasteiger charge is 2.28. The molecule has 3 N–H and O–H groups in total. The van der Waals surface area contributed by atoms with Crippen molar-refractivity contribution in [3.05, 3.63) is 12.7 Å². The van der Waals surface area contributed by atoms with Gasteiger partial charge in [0.05, 0.1) is 0 Å². The van der Waals surface area contributed by atoms with Crippen molar-refractivity contribution in [3.8, 4) is 0 Å². The zero-order valence-corrected chi connectivity index (χ0v) is 9.51. The fourth-order valence-corrected chi connectivity index (χ4v) is 1.41. The minimum Gasteiger partial charge on any atom is -0.480 e. The summed E-state index contributed by atoms with van der Waals surface area (Å²) < 4.78 is 0. The van der Waals surface area contributed by atoms with E-state index in [-0.39, 0.29) is 19.5 Å². The standard InChI is InChI=1S/C10H13N3O5/c1-2-3-6(9(16)17)11-10(18)13-4-7(14)12-8(15)5-13/h2,6H,1,3-5H2,(H,11,18)(H,16,17)(H,12,14,15). The average Bonchev–Trinajstić information content (AvgIpc) is 2.26. The lowest BCUT2D eigenvalue weighted by atomic mass is 10.2. The van der Waals surface area contributed by atoms with Crippen LogP contribution >= 0.6 is 0 Å². The van der Waals surface area contributed by atoms with Gasteiger partial charge in [0.25, 0.3) is 0 Å². The molecule has 1 aliphatic heterocycles. The van der Waals surface area contributed by atoms with Crippen LogP contribution in [-0.2, 0) is 14.4 Å². The van der Waals surface area contributed by atoms with Crippen molar-refractivity contribution in [1.29, 1.82) is 0 Å². The highest BCUT2D eigenvalue weighted by molar-refractivity contribution is 6.02. The number of carboxylic acid groups (broad SMARTS) is 1. The Hall–Kier alpha value is -2.38. The molecule has 0 radical (unpaired) electrons. The Morgan fingerprint density at radius 3 is 2.44 bits per heavy atom. The molecule has 0 aromatic heterocycles. The maximum Gasteiger partial charge on any atom is 0.326 e. The molecule has 0 bridgehead atoms. The number of carbonyl (C=O) groups is 4. The molecule has 98 valence electrons. The molecule has 8 heteroatoms. The molecule has 18 heavy (non-hydrogen) atoms. The lowest BCUT2D eigenvalue weighted by molar-refractivity contribution is -0.139. The van der Waals surface area contributed by atoms with Crippen molar-refractivity contribution in [2.75, 3.05) is 13.1 Å². The van der Waals surface area contributed by atoms with Gasteiger partial charge in [0.1, 0.15) is 19.1 Å². The molecule has 0 spiro atoms. The van der Waals surface area contributed by atoms with E-state index in [9.17, 15) is 19.2 Å². The Morgan fingerprint density at radius 1 is 1.44 bits per heavy atom. The van der Waals surface area contributed by atoms with Crippen molar-refractivity contribution >= 4 is 23.8 Å². The van der Waals surface area contributed by atoms with E-state index < -0.39 is 29.9 Å². The first kappa shape index (κ1) is 13.7. The number of amides is 4. The second-order valence-corrected chi connectivity index (χ2v) is 3.69. The quantitative estimate of drug-likeness (QED) is 0.426. The van der Waals surface area contributed by atoms with E-state index in [1.54, 1.807) is 0 Å². The van der Waals surface area contributed by atoms with Crippen molar-refractivity contribution in [2.24, 2.45) is 0 Å². The molecule has 1 rings (SSSR count). The molecule has 1 atom stereocenters. The predicted molar refractivity (Wildman–Crippen MR) is 59.5 cm³/mol. The maximum atomic E-state index is 11.7. The number of nitrogens with zero attached hydrogens (tertiary/aromatic N) is 1. The normalized spacial score (nSPS) is 16.8. The van der Waals surface area contributed by atoms with E-state index in [0.717, 1.165) is 4.90 Å².